The summed E-state index contributed by atoms with van der Waals surface area (Å²) in [6.07, 6.45) is -1.86. The van der Waals surface area contributed by atoms with Gasteiger partial charge in [-0.1, -0.05) is 12.1 Å². The van der Waals surface area contributed by atoms with Gasteiger partial charge in [-0.15, -0.1) is 11.3 Å². The molecule has 1 amide bonds. The summed E-state index contributed by atoms with van der Waals surface area (Å²) in [4.78, 5) is 19.0. The standard InChI is InChI=1S/C18H15F4N3OS/c1-24(10-16-23-8-9-25(16)11-18(20,21)22)17(26)15-7-6-14(27-15)12-2-4-13(19)5-3-12/h2-9H,10-11H2,1H3. The maximum atomic E-state index is 13.0. The Balaban J connectivity index is 1.71. The summed E-state index contributed by atoms with van der Waals surface area (Å²) in [5, 5.41) is 0. The number of halogens is 4. The summed E-state index contributed by atoms with van der Waals surface area (Å²) in [6.45, 7) is -1.20. The van der Waals surface area contributed by atoms with Crippen molar-refractivity contribution in [3.8, 4) is 10.4 Å². The first kappa shape index (κ1) is 19.1. The van der Waals surface area contributed by atoms with Gasteiger partial charge < -0.3 is 9.47 Å². The van der Waals surface area contributed by atoms with Gasteiger partial charge >= 0.3 is 6.18 Å². The van der Waals surface area contributed by atoms with Crippen molar-refractivity contribution in [2.75, 3.05) is 7.05 Å². The predicted octanol–water partition coefficient (Wildman–Crippen LogP) is 4.59. The molecule has 0 aliphatic heterocycles. The topological polar surface area (TPSA) is 38.1 Å². The fourth-order valence-corrected chi connectivity index (χ4v) is 3.53. The second kappa shape index (κ2) is 7.51. The van der Waals surface area contributed by atoms with Crippen molar-refractivity contribution >= 4 is 17.2 Å². The number of hydrogen-bond acceptors (Lipinski definition) is 3. The van der Waals surface area contributed by atoms with Crippen molar-refractivity contribution in [1.82, 2.24) is 14.5 Å². The number of hydrogen-bond donors (Lipinski definition) is 0. The highest BCUT2D eigenvalue weighted by molar-refractivity contribution is 7.17. The van der Waals surface area contributed by atoms with Gasteiger partial charge in [-0.25, -0.2) is 9.37 Å². The van der Waals surface area contributed by atoms with Crippen LogP contribution in [-0.2, 0) is 13.1 Å². The molecule has 27 heavy (non-hydrogen) atoms. The molecule has 0 saturated heterocycles. The number of rotatable bonds is 5. The van der Waals surface area contributed by atoms with E-state index < -0.39 is 12.7 Å². The van der Waals surface area contributed by atoms with E-state index in [0.29, 0.717) is 4.88 Å². The zero-order valence-electron chi connectivity index (χ0n) is 14.2. The molecule has 0 aliphatic carbocycles. The predicted molar refractivity (Wildman–Crippen MR) is 93.8 cm³/mol. The van der Waals surface area contributed by atoms with Crippen LogP contribution in [0.5, 0.6) is 0 Å². The highest BCUT2D eigenvalue weighted by Crippen LogP contribution is 2.29. The molecule has 0 radical (unpaired) electrons. The zero-order chi connectivity index (χ0) is 19.6. The lowest BCUT2D eigenvalue weighted by atomic mass is 10.2. The van der Waals surface area contributed by atoms with E-state index in [1.165, 1.54) is 47.8 Å². The molecule has 3 rings (SSSR count). The average Bonchev–Trinajstić information content (AvgIpc) is 3.23. The Labute approximate surface area is 156 Å². The van der Waals surface area contributed by atoms with Crippen LogP contribution in [0.2, 0.25) is 0 Å². The van der Waals surface area contributed by atoms with Gasteiger partial charge in [-0.05, 0) is 29.8 Å². The minimum atomic E-state index is -4.37. The van der Waals surface area contributed by atoms with E-state index in [9.17, 15) is 22.4 Å². The van der Waals surface area contributed by atoms with Crippen molar-refractivity contribution in [3.63, 3.8) is 0 Å². The summed E-state index contributed by atoms with van der Waals surface area (Å²) in [5.74, 6) is -0.519. The van der Waals surface area contributed by atoms with Crippen molar-refractivity contribution in [2.24, 2.45) is 0 Å². The Bertz CT molecular complexity index is 931. The molecule has 0 spiro atoms. The van der Waals surface area contributed by atoms with E-state index in [1.807, 2.05) is 0 Å². The maximum Gasteiger partial charge on any atom is 0.406 e. The van der Waals surface area contributed by atoms with Gasteiger partial charge in [0.05, 0.1) is 11.4 Å². The monoisotopic (exact) mass is 397 g/mol. The fourth-order valence-electron chi connectivity index (χ4n) is 2.52. The SMILES string of the molecule is CN(Cc1nccn1CC(F)(F)F)C(=O)c1ccc(-c2ccc(F)cc2)s1. The normalized spacial score (nSPS) is 11.6. The van der Waals surface area contributed by atoms with Crippen molar-refractivity contribution in [1.29, 1.82) is 0 Å². The largest absolute Gasteiger partial charge is 0.406 e. The first-order chi connectivity index (χ1) is 12.7. The molecule has 0 saturated carbocycles. The molecular formula is C18H15F4N3OS. The highest BCUT2D eigenvalue weighted by atomic mass is 32.1. The zero-order valence-corrected chi connectivity index (χ0v) is 15.0. The van der Waals surface area contributed by atoms with Gasteiger partial charge in [-0.2, -0.15) is 13.2 Å². The molecule has 142 valence electrons. The van der Waals surface area contributed by atoms with E-state index in [2.05, 4.69) is 4.98 Å². The Kier molecular flexibility index (Phi) is 5.31. The summed E-state index contributed by atoms with van der Waals surface area (Å²) in [7, 11) is 1.51. The van der Waals surface area contributed by atoms with Crippen LogP contribution in [0.3, 0.4) is 0 Å². The third kappa shape index (κ3) is 4.73. The van der Waals surface area contributed by atoms with E-state index in [0.717, 1.165) is 15.0 Å². The number of aromatic nitrogens is 2. The molecule has 2 heterocycles. The lowest BCUT2D eigenvalue weighted by Gasteiger charge is -2.17. The molecule has 2 aromatic heterocycles. The van der Waals surface area contributed by atoms with Gasteiger partial charge in [0.1, 0.15) is 18.2 Å². The fraction of sp³-hybridized carbons (Fsp3) is 0.222. The van der Waals surface area contributed by atoms with Crippen LogP contribution >= 0.6 is 11.3 Å². The van der Waals surface area contributed by atoms with Gasteiger partial charge in [0, 0.05) is 24.3 Å². The van der Waals surface area contributed by atoms with E-state index >= 15 is 0 Å². The lowest BCUT2D eigenvalue weighted by Crippen LogP contribution is -2.28. The van der Waals surface area contributed by atoms with Crippen LogP contribution in [0.4, 0.5) is 17.6 Å². The molecule has 9 heteroatoms. The maximum absolute atomic E-state index is 13.0. The Morgan fingerprint density at radius 2 is 1.89 bits per heavy atom. The van der Waals surface area contributed by atoms with E-state index in [1.54, 1.807) is 24.3 Å². The first-order valence-corrected chi connectivity index (χ1v) is 8.72. The van der Waals surface area contributed by atoms with Crippen LogP contribution in [0, 0.1) is 5.82 Å². The Hall–Kier alpha value is -2.68. The Morgan fingerprint density at radius 3 is 2.56 bits per heavy atom. The number of carbonyl (C=O) groups is 1. The van der Waals surface area contributed by atoms with E-state index in [4.69, 9.17) is 0 Å². The molecule has 0 atom stereocenters. The molecule has 0 N–H and O–H groups in total. The van der Waals surface area contributed by atoms with Crippen LogP contribution in [0.25, 0.3) is 10.4 Å². The third-order valence-corrected chi connectivity index (χ3v) is 4.94. The minimum Gasteiger partial charge on any atom is -0.334 e. The number of benzene rings is 1. The molecule has 3 aromatic rings. The molecule has 0 fully saturated rings. The number of amides is 1. The third-order valence-electron chi connectivity index (χ3n) is 3.82. The molecule has 4 nitrogen and oxygen atoms in total. The second-order valence-corrected chi connectivity index (χ2v) is 7.00. The molecule has 1 aromatic carbocycles. The van der Waals surface area contributed by atoms with Crippen LogP contribution in [0.15, 0.2) is 48.8 Å². The van der Waals surface area contributed by atoms with Crippen molar-refractivity contribution in [2.45, 2.75) is 19.3 Å². The summed E-state index contributed by atoms with van der Waals surface area (Å²) in [6, 6.07) is 9.31. The highest BCUT2D eigenvalue weighted by Gasteiger charge is 2.29. The molecule has 0 bridgehead atoms. The van der Waals surface area contributed by atoms with Gasteiger partial charge in [0.25, 0.3) is 5.91 Å². The first-order valence-electron chi connectivity index (χ1n) is 7.91. The van der Waals surface area contributed by atoms with E-state index in [-0.39, 0.29) is 24.1 Å². The lowest BCUT2D eigenvalue weighted by molar-refractivity contribution is -0.141. The number of imidazole rings is 1. The number of thiophene rings is 1. The van der Waals surface area contributed by atoms with Gasteiger partial charge in [0.2, 0.25) is 0 Å². The van der Waals surface area contributed by atoms with Crippen molar-refractivity contribution < 1.29 is 22.4 Å². The average molecular weight is 397 g/mol. The van der Waals surface area contributed by atoms with Crippen LogP contribution in [0.1, 0.15) is 15.5 Å². The van der Waals surface area contributed by atoms with Crippen molar-refractivity contribution in [3.05, 3.63) is 65.3 Å². The number of nitrogens with zero attached hydrogens (tertiary/aromatic N) is 3. The second-order valence-electron chi connectivity index (χ2n) is 5.92. The smallest absolute Gasteiger partial charge is 0.334 e. The minimum absolute atomic E-state index is 0.0499. The van der Waals surface area contributed by atoms with Crippen LogP contribution < -0.4 is 0 Å². The molecule has 0 unspecified atom stereocenters. The van der Waals surface area contributed by atoms with Crippen LogP contribution in [-0.4, -0.2) is 33.6 Å². The molecular weight excluding hydrogens is 382 g/mol. The molecule has 0 aliphatic rings. The Morgan fingerprint density at radius 1 is 1.19 bits per heavy atom. The van der Waals surface area contributed by atoms with Gasteiger partial charge in [0.15, 0.2) is 0 Å². The number of carbonyl (C=O) groups excluding carboxylic acids is 1. The summed E-state index contributed by atoms with van der Waals surface area (Å²) >= 11 is 1.23. The van der Waals surface area contributed by atoms with Gasteiger partial charge in [-0.3, -0.25) is 4.79 Å². The summed E-state index contributed by atoms with van der Waals surface area (Å²) in [5.41, 5.74) is 0.781. The summed E-state index contributed by atoms with van der Waals surface area (Å²) < 4.78 is 51.8. The number of alkyl halides is 3. The quantitative estimate of drug-likeness (QED) is 0.591.